The van der Waals surface area contributed by atoms with Crippen LogP contribution in [0.25, 0.3) is 0 Å². The van der Waals surface area contributed by atoms with Gasteiger partial charge in [-0.05, 0) is 68.7 Å². The standard InChI is InChI=1S/C22H31FN2O3/c1-16-4-5-17(11-20(16)23)21(27)24-9-6-22(7-10-24)12-19(28-15-22)13-25-8-2-3-18(25)14-26/h4-5,11,18-19,26H,2-3,6-10,12-15H2,1H3/t18-,19-/m0/s1. The van der Waals surface area contributed by atoms with E-state index in [1.54, 1.807) is 19.1 Å². The Hall–Kier alpha value is -1.50. The van der Waals surface area contributed by atoms with E-state index in [-0.39, 0.29) is 35.9 Å². The third-order valence-corrected chi connectivity index (χ3v) is 6.96. The number of carbonyl (C=O) groups is 1. The minimum atomic E-state index is -0.325. The van der Waals surface area contributed by atoms with Crippen molar-refractivity contribution in [2.45, 2.75) is 51.2 Å². The molecule has 154 valence electrons. The van der Waals surface area contributed by atoms with Crippen LogP contribution in [0.2, 0.25) is 0 Å². The monoisotopic (exact) mass is 390 g/mol. The molecule has 5 nitrogen and oxygen atoms in total. The van der Waals surface area contributed by atoms with Gasteiger partial charge in [-0.15, -0.1) is 0 Å². The quantitative estimate of drug-likeness (QED) is 0.859. The normalized spacial score (nSPS) is 27.6. The van der Waals surface area contributed by atoms with Crippen LogP contribution in [-0.2, 0) is 4.74 Å². The van der Waals surface area contributed by atoms with Gasteiger partial charge in [0.2, 0.25) is 0 Å². The van der Waals surface area contributed by atoms with Crippen LogP contribution >= 0.6 is 0 Å². The molecule has 1 aromatic rings. The van der Waals surface area contributed by atoms with Crippen molar-refractivity contribution in [2.75, 3.05) is 39.4 Å². The summed E-state index contributed by atoms with van der Waals surface area (Å²) in [6, 6.07) is 5.02. The Kier molecular flexibility index (Phi) is 5.72. The Bertz CT molecular complexity index is 718. The molecule has 6 heteroatoms. The lowest BCUT2D eigenvalue weighted by molar-refractivity contribution is 0.0401. The predicted molar refractivity (Wildman–Crippen MR) is 105 cm³/mol. The maximum absolute atomic E-state index is 13.8. The fraction of sp³-hybridized carbons (Fsp3) is 0.682. The number of amides is 1. The first-order valence-corrected chi connectivity index (χ1v) is 10.5. The minimum Gasteiger partial charge on any atom is -0.395 e. The van der Waals surface area contributed by atoms with Crippen molar-refractivity contribution in [1.29, 1.82) is 0 Å². The topological polar surface area (TPSA) is 53.0 Å². The predicted octanol–water partition coefficient (Wildman–Crippen LogP) is 2.60. The lowest BCUT2D eigenvalue weighted by Gasteiger charge is -2.38. The Labute approximate surface area is 166 Å². The number of hydrogen-bond donors (Lipinski definition) is 1. The minimum absolute atomic E-state index is 0.0768. The summed E-state index contributed by atoms with van der Waals surface area (Å²) in [6.07, 6.45) is 5.36. The summed E-state index contributed by atoms with van der Waals surface area (Å²) in [5.41, 5.74) is 1.16. The highest BCUT2D eigenvalue weighted by molar-refractivity contribution is 5.94. The van der Waals surface area contributed by atoms with Crippen molar-refractivity contribution in [3.63, 3.8) is 0 Å². The smallest absolute Gasteiger partial charge is 0.253 e. The average molecular weight is 390 g/mol. The number of halogens is 1. The number of rotatable bonds is 4. The maximum Gasteiger partial charge on any atom is 0.253 e. The molecule has 3 aliphatic rings. The molecule has 1 spiro atoms. The zero-order valence-corrected chi connectivity index (χ0v) is 16.7. The highest BCUT2D eigenvalue weighted by Gasteiger charge is 2.44. The number of aliphatic hydroxyl groups is 1. The molecule has 3 fully saturated rings. The van der Waals surface area contributed by atoms with E-state index in [1.165, 1.54) is 6.07 Å². The van der Waals surface area contributed by atoms with E-state index in [0.29, 0.717) is 24.2 Å². The van der Waals surface area contributed by atoms with E-state index in [0.717, 1.165) is 51.8 Å². The summed E-state index contributed by atoms with van der Waals surface area (Å²) in [7, 11) is 0. The largest absolute Gasteiger partial charge is 0.395 e. The second-order valence-corrected chi connectivity index (χ2v) is 8.87. The number of piperidine rings is 1. The van der Waals surface area contributed by atoms with Gasteiger partial charge in [-0.3, -0.25) is 9.69 Å². The second kappa shape index (κ2) is 8.09. The molecule has 3 heterocycles. The summed E-state index contributed by atoms with van der Waals surface area (Å²) in [4.78, 5) is 16.9. The van der Waals surface area contributed by atoms with Gasteiger partial charge in [0, 0.05) is 31.2 Å². The zero-order chi connectivity index (χ0) is 19.7. The lowest BCUT2D eigenvalue weighted by Crippen LogP contribution is -2.44. The first-order valence-electron chi connectivity index (χ1n) is 10.5. The maximum atomic E-state index is 13.8. The third kappa shape index (κ3) is 3.95. The van der Waals surface area contributed by atoms with Crippen LogP contribution in [0.1, 0.15) is 48.0 Å². The van der Waals surface area contributed by atoms with E-state index in [1.807, 2.05) is 4.90 Å². The molecule has 0 bridgehead atoms. The highest BCUT2D eigenvalue weighted by Crippen LogP contribution is 2.42. The van der Waals surface area contributed by atoms with Gasteiger partial charge in [-0.25, -0.2) is 4.39 Å². The van der Waals surface area contributed by atoms with E-state index in [4.69, 9.17) is 4.74 Å². The van der Waals surface area contributed by atoms with Crippen molar-refractivity contribution in [2.24, 2.45) is 5.41 Å². The Balaban J connectivity index is 1.31. The molecule has 0 saturated carbocycles. The number of carbonyl (C=O) groups excluding carboxylic acids is 1. The number of ether oxygens (including phenoxy) is 1. The molecule has 0 aromatic heterocycles. The number of hydrogen-bond acceptors (Lipinski definition) is 4. The molecule has 28 heavy (non-hydrogen) atoms. The van der Waals surface area contributed by atoms with Crippen molar-refractivity contribution in [1.82, 2.24) is 9.80 Å². The number of benzene rings is 1. The van der Waals surface area contributed by atoms with Crippen LogP contribution < -0.4 is 0 Å². The van der Waals surface area contributed by atoms with Crippen LogP contribution in [-0.4, -0.2) is 72.4 Å². The Morgan fingerprint density at radius 2 is 2.11 bits per heavy atom. The van der Waals surface area contributed by atoms with Crippen molar-refractivity contribution in [3.05, 3.63) is 35.1 Å². The molecule has 0 radical (unpaired) electrons. The van der Waals surface area contributed by atoms with Crippen LogP contribution in [0, 0.1) is 18.2 Å². The first-order chi connectivity index (χ1) is 13.5. The van der Waals surface area contributed by atoms with E-state index < -0.39 is 0 Å². The van der Waals surface area contributed by atoms with Gasteiger partial charge in [0.15, 0.2) is 0 Å². The molecule has 4 rings (SSSR count). The molecule has 2 atom stereocenters. The summed E-state index contributed by atoms with van der Waals surface area (Å²) in [5.74, 6) is -0.401. The lowest BCUT2D eigenvalue weighted by atomic mass is 9.76. The van der Waals surface area contributed by atoms with Gasteiger partial charge < -0.3 is 14.7 Å². The third-order valence-electron chi connectivity index (χ3n) is 6.96. The van der Waals surface area contributed by atoms with Gasteiger partial charge in [0.25, 0.3) is 5.91 Å². The molecule has 0 unspecified atom stereocenters. The first kappa shape index (κ1) is 19.8. The summed E-state index contributed by atoms with van der Waals surface area (Å²) in [5, 5.41) is 9.52. The summed E-state index contributed by atoms with van der Waals surface area (Å²) in [6.45, 7) is 6.05. The SMILES string of the molecule is Cc1ccc(C(=O)N2CCC3(CC2)CO[C@H](CN2CCC[C@H]2CO)C3)cc1F. The van der Waals surface area contributed by atoms with Crippen molar-refractivity contribution in [3.8, 4) is 0 Å². The number of nitrogens with zero attached hydrogens (tertiary/aromatic N) is 2. The van der Waals surface area contributed by atoms with Crippen molar-refractivity contribution < 1.29 is 19.0 Å². The van der Waals surface area contributed by atoms with E-state index in [2.05, 4.69) is 4.90 Å². The second-order valence-electron chi connectivity index (χ2n) is 8.87. The Morgan fingerprint density at radius 1 is 1.32 bits per heavy atom. The molecular weight excluding hydrogens is 359 g/mol. The van der Waals surface area contributed by atoms with Crippen LogP contribution in [0.5, 0.6) is 0 Å². The molecule has 1 N–H and O–H groups in total. The van der Waals surface area contributed by atoms with Crippen LogP contribution in [0.3, 0.4) is 0 Å². The van der Waals surface area contributed by atoms with Gasteiger partial charge in [-0.1, -0.05) is 6.07 Å². The highest BCUT2D eigenvalue weighted by atomic mass is 19.1. The van der Waals surface area contributed by atoms with E-state index >= 15 is 0 Å². The Morgan fingerprint density at radius 3 is 2.82 bits per heavy atom. The van der Waals surface area contributed by atoms with Gasteiger partial charge in [0.05, 0.1) is 19.3 Å². The fourth-order valence-corrected chi connectivity index (χ4v) is 5.06. The zero-order valence-electron chi connectivity index (χ0n) is 16.7. The van der Waals surface area contributed by atoms with Crippen LogP contribution in [0.15, 0.2) is 18.2 Å². The molecular formula is C22H31FN2O3. The van der Waals surface area contributed by atoms with Crippen LogP contribution in [0.4, 0.5) is 4.39 Å². The van der Waals surface area contributed by atoms with Gasteiger partial charge in [0.1, 0.15) is 5.82 Å². The number of likely N-dealkylation sites (tertiary alicyclic amines) is 2. The fourth-order valence-electron chi connectivity index (χ4n) is 5.06. The number of aliphatic hydroxyl groups excluding tert-OH is 1. The summed E-state index contributed by atoms with van der Waals surface area (Å²) < 4.78 is 19.9. The average Bonchev–Trinajstić information content (AvgIpc) is 3.31. The number of aryl methyl sites for hydroxylation is 1. The molecule has 0 aliphatic carbocycles. The molecule has 3 saturated heterocycles. The van der Waals surface area contributed by atoms with Gasteiger partial charge >= 0.3 is 0 Å². The van der Waals surface area contributed by atoms with Crippen molar-refractivity contribution >= 4 is 5.91 Å². The molecule has 1 amide bonds. The molecule has 3 aliphatic heterocycles. The van der Waals surface area contributed by atoms with Gasteiger partial charge in [-0.2, -0.15) is 0 Å². The molecule has 1 aromatic carbocycles. The summed E-state index contributed by atoms with van der Waals surface area (Å²) >= 11 is 0. The van der Waals surface area contributed by atoms with E-state index in [9.17, 15) is 14.3 Å².